The second-order valence-electron chi connectivity index (χ2n) is 6.47. The molecule has 32 heavy (non-hydrogen) atoms. The molecular weight excluding hydrogens is 448 g/mol. The van der Waals surface area contributed by atoms with E-state index in [1.165, 1.54) is 12.4 Å². The summed E-state index contributed by atoms with van der Waals surface area (Å²) in [4.78, 5) is 31.1. The second-order valence-corrected chi connectivity index (χ2v) is 8.08. The maximum Gasteiger partial charge on any atom is 0.341 e. The van der Waals surface area contributed by atoms with Crippen molar-refractivity contribution in [3.05, 3.63) is 77.3 Å². The molecule has 4 rings (SSSR count). The van der Waals surface area contributed by atoms with Gasteiger partial charge in [-0.2, -0.15) is 8.42 Å². The summed E-state index contributed by atoms with van der Waals surface area (Å²) in [5, 5.41) is -0.370. The van der Waals surface area contributed by atoms with Crippen LogP contribution in [-0.2, 0) is 14.8 Å². The van der Waals surface area contributed by atoms with Crippen molar-refractivity contribution in [2.45, 2.75) is 5.09 Å². The number of halogens is 2. The van der Waals surface area contributed by atoms with Crippen molar-refractivity contribution in [1.82, 2.24) is 9.97 Å². The van der Waals surface area contributed by atoms with Crippen molar-refractivity contribution < 1.29 is 35.9 Å². The topological polar surface area (TPSA) is 131 Å². The minimum atomic E-state index is -4.51. The van der Waals surface area contributed by atoms with E-state index in [2.05, 4.69) is 14.7 Å². The van der Waals surface area contributed by atoms with Gasteiger partial charge in [0.1, 0.15) is 17.7 Å². The molecule has 1 aromatic carbocycles. The smallest absolute Gasteiger partial charge is 0.341 e. The number of rotatable bonds is 6. The lowest BCUT2D eigenvalue weighted by atomic mass is 10.0. The van der Waals surface area contributed by atoms with E-state index in [9.17, 15) is 22.4 Å². The molecule has 0 amide bonds. The number of hydrogen-bond donors (Lipinski definition) is 2. The third-order valence-electron chi connectivity index (χ3n) is 4.52. The Morgan fingerprint density at radius 1 is 1.22 bits per heavy atom. The van der Waals surface area contributed by atoms with Gasteiger partial charge in [-0.15, -0.1) is 0 Å². The van der Waals surface area contributed by atoms with Crippen LogP contribution in [0.2, 0.25) is 0 Å². The van der Waals surface area contributed by atoms with Crippen LogP contribution in [0, 0.1) is 11.6 Å². The molecule has 0 fully saturated rings. The zero-order valence-electron chi connectivity index (χ0n) is 16.2. The van der Waals surface area contributed by atoms with E-state index in [1.54, 1.807) is 12.1 Å². The molecule has 12 heteroatoms. The molecule has 3 aromatic heterocycles. The molecule has 2 N–H and O–H groups in total. The highest BCUT2D eigenvalue weighted by molar-refractivity contribution is 7.92. The van der Waals surface area contributed by atoms with Crippen LogP contribution in [0.5, 0.6) is 0 Å². The Balaban J connectivity index is 1.71. The number of benzene rings is 1. The first kappa shape index (κ1) is 21.2. The van der Waals surface area contributed by atoms with Crippen molar-refractivity contribution in [3.63, 3.8) is 0 Å². The average Bonchev–Trinajstić information content (AvgIpc) is 3.43. The number of carbonyl (C=O) groups excluding carboxylic acids is 2. The largest absolute Gasteiger partial charge is 0.465 e. The monoisotopic (exact) mass is 461 g/mol. The standard InChI is InChI=1S/C20H13F2N3O6S/c1-30-20(27)10-7-15(31-9-10)32(28,29)25-14-5-4-13(21)16(17(14)22)18(26)12-8-24-19-11(12)3-2-6-23-19/h2-9,25H,1H3,(H,23,24). The number of furan rings is 1. The Morgan fingerprint density at radius 3 is 2.75 bits per heavy atom. The van der Waals surface area contributed by atoms with Crippen LogP contribution in [0.3, 0.4) is 0 Å². The summed E-state index contributed by atoms with van der Waals surface area (Å²) in [6.45, 7) is 0. The maximum atomic E-state index is 15.1. The Labute approximate surface area is 179 Å². The molecule has 0 unspecified atom stereocenters. The zero-order chi connectivity index (χ0) is 23.0. The average molecular weight is 461 g/mol. The van der Waals surface area contributed by atoms with E-state index in [-0.39, 0.29) is 11.1 Å². The molecule has 0 saturated heterocycles. The number of hydrogen-bond acceptors (Lipinski definition) is 7. The Bertz CT molecular complexity index is 1480. The number of nitrogens with one attached hydrogen (secondary N) is 2. The first-order valence-corrected chi connectivity index (χ1v) is 10.4. The van der Waals surface area contributed by atoms with Gasteiger partial charge in [0, 0.05) is 29.4 Å². The molecule has 0 aliphatic heterocycles. The summed E-state index contributed by atoms with van der Waals surface area (Å²) in [6.07, 6.45) is 3.58. The van der Waals surface area contributed by atoms with E-state index in [0.29, 0.717) is 11.0 Å². The summed E-state index contributed by atoms with van der Waals surface area (Å²) in [5.74, 6) is -4.45. The second kappa shape index (κ2) is 7.89. The molecule has 0 aliphatic rings. The number of carbonyl (C=O) groups is 2. The zero-order valence-corrected chi connectivity index (χ0v) is 17.0. The van der Waals surface area contributed by atoms with Gasteiger partial charge in [-0.1, -0.05) is 0 Å². The van der Waals surface area contributed by atoms with Crippen molar-refractivity contribution >= 4 is 38.5 Å². The van der Waals surface area contributed by atoms with Crippen LogP contribution < -0.4 is 4.72 Å². The number of methoxy groups -OCH3 is 1. The van der Waals surface area contributed by atoms with Gasteiger partial charge >= 0.3 is 5.97 Å². The minimum absolute atomic E-state index is 0.0420. The number of aromatic amines is 1. The number of fused-ring (bicyclic) bond motifs is 1. The number of nitrogens with zero attached hydrogens (tertiary/aromatic N) is 1. The highest BCUT2D eigenvalue weighted by Gasteiger charge is 2.28. The Morgan fingerprint density at radius 2 is 2.00 bits per heavy atom. The molecule has 0 radical (unpaired) electrons. The van der Waals surface area contributed by atoms with Crippen molar-refractivity contribution in [1.29, 1.82) is 0 Å². The molecule has 164 valence electrons. The summed E-state index contributed by atoms with van der Waals surface area (Å²) in [6, 6.07) is 5.55. The third-order valence-corrected chi connectivity index (χ3v) is 5.75. The number of pyridine rings is 1. The number of sulfonamides is 1. The molecule has 3 heterocycles. The molecule has 0 spiro atoms. The van der Waals surface area contributed by atoms with Gasteiger partial charge in [0.2, 0.25) is 10.9 Å². The van der Waals surface area contributed by atoms with Crippen molar-refractivity contribution in [2.75, 3.05) is 11.8 Å². The van der Waals surface area contributed by atoms with E-state index >= 15 is 4.39 Å². The first-order chi connectivity index (χ1) is 15.2. The number of aromatic nitrogens is 2. The van der Waals surface area contributed by atoms with E-state index < -0.39 is 49.8 Å². The normalized spacial score (nSPS) is 11.5. The van der Waals surface area contributed by atoms with Crippen LogP contribution in [0.4, 0.5) is 14.5 Å². The molecule has 0 atom stereocenters. The van der Waals surface area contributed by atoms with Crippen molar-refractivity contribution in [3.8, 4) is 0 Å². The van der Waals surface area contributed by atoms with Gasteiger partial charge in [0.05, 0.1) is 23.9 Å². The number of anilines is 1. The summed E-state index contributed by atoms with van der Waals surface area (Å²) in [5.41, 5.74) is -1.53. The Hall–Kier alpha value is -4.06. The summed E-state index contributed by atoms with van der Waals surface area (Å²) < 4.78 is 65.8. The lowest BCUT2D eigenvalue weighted by Gasteiger charge is -2.10. The molecule has 9 nitrogen and oxygen atoms in total. The molecular formula is C20H13F2N3O6S. The fraction of sp³-hybridized carbons (Fsp3) is 0.0500. The first-order valence-electron chi connectivity index (χ1n) is 8.87. The quantitative estimate of drug-likeness (QED) is 0.333. The molecule has 0 aliphatic carbocycles. The van der Waals surface area contributed by atoms with Gasteiger partial charge < -0.3 is 14.1 Å². The van der Waals surface area contributed by atoms with Crippen molar-refractivity contribution in [2.24, 2.45) is 0 Å². The lowest BCUT2D eigenvalue weighted by Crippen LogP contribution is -2.16. The van der Waals surface area contributed by atoms with Crippen LogP contribution in [-0.4, -0.2) is 37.2 Å². The molecule has 0 saturated carbocycles. The van der Waals surface area contributed by atoms with Crippen LogP contribution in [0.1, 0.15) is 26.3 Å². The Kier molecular flexibility index (Phi) is 5.22. The van der Waals surface area contributed by atoms with E-state index in [0.717, 1.165) is 31.6 Å². The number of ketones is 1. The lowest BCUT2D eigenvalue weighted by molar-refractivity contribution is 0.0599. The van der Waals surface area contributed by atoms with E-state index in [4.69, 9.17) is 4.42 Å². The number of H-pyrrole nitrogens is 1. The highest BCUT2D eigenvalue weighted by atomic mass is 32.2. The minimum Gasteiger partial charge on any atom is -0.465 e. The summed E-state index contributed by atoms with van der Waals surface area (Å²) >= 11 is 0. The van der Waals surface area contributed by atoms with E-state index in [1.807, 2.05) is 4.72 Å². The maximum absolute atomic E-state index is 15.1. The predicted molar refractivity (Wildman–Crippen MR) is 107 cm³/mol. The summed E-state index contributed by atoms with van der Waals surface area (Å²) in [7, 11) is -3.42. The SMILES string of the molecule is COC(=O)c1coc(S(=O)(=O)Nc2ccc(F)c(C(=O)c3c[nH]c4ncccc34)c2F)c1. The van der Waals surface area contributed by atoms with Crippen LogP contribution >= 0.6 is 0 Å². The van der Waals surface area contributed by atoms with Crippen LogP contribution in [0.15, 0.2) is 58.5 Å². The fourth-order valence-corrected chi connectivity index (χ4v) is 4.00. The number of ether oxygens (including phenoxy) is 1. The van der Waals surface area contributed by atoms with Gasteiger partial charge in [-0.05, 0) is 24.3 Å². The molecule has 0 bridgehead atoms. The highest BCUT2D eigenvalue weighted by Crippen LogP contribution is 2.28. The van der Waals surface area contributed by atoms with Crippen LogP contribution in [0.25, 0.3) is 11.0 Å². The molecule has 4 aromatic rings. The predicted octanol–water partition coefficient (Wildman–Crippen LogP) is 3.25. The van der Waals surface area contributed by atoms with Gasteiger partial charge in [-0.25, -0.2) is 18.6 Å². The van der Waals surface area contributed by atoms with Gasteiger partial charge in [-0.3, -0.25) is 9.52 Å². The number of esters is 1. The van der Waals surface area contributed by atoms with Gasteiger partial charge in [0.15, 0.2) is 5.82 Å². The third kappa shape index (κ3) is 3.60. The van der Waals surface area contributed by atoms with Gasteiger partial charge in [0.25, 0.3) is 10.0 Å². The fourth-order valence-electron chi connectivity index (χ4n) is 3.00.